The SMILES string of the molecule is CO[C@H]1C[C@H](O)[C@H](CO)O1. The van der Waals surface area contributed by atoms with Crippen molar-refractivity contribution in [3.05, 3.63) is 0 Å². The lowest BCUT2D eigenvalue weighted by Gasteiger charge is -2.09. The number of hydrogen-bond donors (Lipinski definition) is 2. The molecule has 0 unspecified atom stereocenters. The Kier molecular flexibility index (Phi) is 2.62. The van der Waals surface area contributed by atoms with Gasteiger partial charge in [0.25, 0.3) is 0 Å². The second-order valence-corrected chi connectivity index (χ2v) is 2.33. The molecule has 60 valence electrons. The van der Waals surface area contributed by atoms with E-state index in [1.54, 1.807) is 0 Å². The summed E-state index contributed by atoms with van der Waals surface area (Å²) in [5.74, 6) is 0. The Balaban J connectivity index is 2.36. The molecule has 4 heteroatoms. The van der Waals surface area contributed by atoms with Crippen LogP contribution in [0, 0.1) is 0 Å². The Labute approximate surface area is 59.4 Å². The molecule has 1 saturated heterocycles. The molecule has 3 atom stereocenters. The van der Waals surface area contributed by atoms with Crippen LogP contribution in [0.3, 0.4) is 0 Å². The van der Waals surface area contributed by atoms with Crippen LogP contribution in [0.5, 0.6) is 0 Å². The molecule has 10 heavy (non-hydrogen) atoms. The van der Waals surface area contributed by atoms with Crippen LogP contribution in [0.25, 0.3) is 0 Å². The second-order valence-electron chi connectivity index (χ2n) is 2.33. The molecular formula is C6H12O4. The van der Waals surface area contributed by atoms with E-state index in [1.165, 1.54) is 7.11 Å². The van der Waals surface area contributed by atoms with Crippen LogP contribution < -0.4 is 0 Å². The molecule has 0 aromatic heterocycles. The maximum Gasteiger partial charge on any atom is 0.160 e. The number of methoxy groups -OCH3 is 1. The first-order chi connectivity index (χ1) is 4.77. The van der Waals surface area contributed by atoms with Crippen molar-refractivity contribution in [3.8, 4) is 0 Å². The van der Waals surface area contributed by atoms with Gasteiger partial charge < -0.3 is 19.7 Å². The summed E-state index contributed by atoms with van der Waals surface area (Å²) in [7, 11) is 1.51. The fraction of sp³-hybridized carbons (Fsp3) is 1.00. The summed E-state index contributed by atoms with van der Waals surface area (Å²) in [5.41, 5.74) is 0. The Hall–Kier alpha value is -0.160. The normalized spacial score (nSPS) is 40.5. The number of rotatable bonds is 2. The molecule has 1 rings (SSSR count). The van der Waals surface area contributed by atoms with Crippen LogP contribution in [0.15, 0.2) is 0 Å². The van der Waals surface area contributed by atoms with Gasteiger partial charge in [0.15, 0.2) is 6.29 Å². The molecule has 0 bridgehead atoms. The van der Waals surface area contributed by atoms with Crippen molar-refractivity contribution in [2.24, 2.45) is 0 Å². The lowest BCUT2D eigenvalue weighted by atomic mass is 10.2. The molecule has 0 radical (unpaired) electrons. The lowest BCUT2D eigenvalue weighted by Crippen LogP contribution is -2.24. The molecule has 0 aromatic carbocycles. The largest absolute Gasteiger partial charge is 0.394 e. The predicted octanol–water partition coefficient (Wildman–Crippen LogP) is -0.899. The molecule has 0 aliphatic carbocycles. The van der Waals surface area contributed by atoms with E-state index in [1.807, 2.05) is 0 Å². The Morgan fingerprint density at radius 2 is 2.40 bits per heavy atom. The highest BCUT2D eigenvalue weighted by molar-refractivity contribution is 4.76. The third kappa shape index (κ3) is 1.46. The zero-order valence-electron chi connectivity index (χ0n) is 5.86. The van der Waals surface area contributed by atoms with Crippen LogP contribution in [0.2, 0.25) is 0 Å². The second kappa shape index (κ2) is 3.30. The molecule has 0 aromatic rings. The summed E-state index contributed by atoms with van der Waals surface area (Å²) in [6.07, 6.45) is -0.964. The van der Waals surface area contributed by atoms with Crippen LogP contribution in [-0.4, -0.2) is 42.4 Å². The summed E-state index contributed by atoms with van der Waals surface area (Å²) in [6.45, 7) is -0.152. The summed E-state index contributed by atoms with van der Waals surface area (Å²) in [6, 6.07) is 0. The van der Waals surface area contributed by atoms with Gasteiger partial charge in [-0.1, -0.05) is 0 Å². The van der Waals surface area contributed by atoms with Crippen molar-refractivity contribution >= 4 is 0 Å². The minimum atomic E-state index is -0.588. The standard InChI is InChI=1S/C6H12O4/c1-9-6-2-4(8)5(3-7)10-6/h4-8H,2-3H2,1H3/t4-,5-,6+/m0/s1. The van der Waals surface area contributed by atoms with Gasteiger partial charge in [0.2, 0.25) is 0 Å². The predicted molar refractivity (Wildman–Crippen MR) is 33.4 cm³/mol. The minimum Gasteiger partial charge on any atom is -0.394 e. The maximum atomic E-state index is 9.13. The Morgan fingerprint density at radius 3 is 2.70 bits per heavy atom. The molecule has 1 aliphatic heterocycles. The van der Waals surface area contributed by atoms with E-state index in [0.29, 0.717) is 6.42 Å². The average Bonchev–Trinajstić information content (AvgIpc) is 2.30. The highest BCUT2D eigenvalue weighted by Gasteiger charge is 2.32. The molecule has 4 nitrogen and oxygen atoms in total. The average molecular weight is 148 g/mol. The third-order valence-corrected chi connectivity index (χ3v) is 1.63. The monoisotopic (exact) mass is 148 g/mol. The Bertz CT molecular complexity index is 106. The van der Waals surface area contributed by atoms with Gasteiger partial charge in [0.1, 0.15) is 6.10 Å². The fourth-order valence-corrected chi connectivity index (χ4v) is 1.01. The van der Waals surface area contributed by atoms with Crippen molar-refractivity contribution in [2.45, 2.75) is 24.9 Å². The van der Waals surface area contributed by atoms with Crippen LogP contribution in [0.4, 0.5) is 0 Å². The van der Waals surface area contributed by atoms with Crippen molar-refractivity contribution in [3.63, 3.8) is 0 Å². The molecule has 1 heterocycles. The quantitative estimate of drug-likeness (QED) is 0.533. The molecule has 0 saturated carbocycles. The van der Waals surface area contributed by atoms with Gasteiger partial charge in [-0.05, 0) is 0 Å². The first-order valence-corrected chi connectivity index (χ1v) is 3.25. The van der Waals surface area contributed by atoms with Gasteiger partial charge in [-0.15, -0.1) is 0 Å². The number of aliphatic hydroxyl groups excluding tert-OH is 2. The van der Waals surface area contributed by atoms with Crippen molar-refractivity contribution < 1.29 is 19.7 Å². The molecule has 0 amide bonds. The minimum absolute atomic E-state index is 0.152. The van der Waals surface area contributed by atoms with Gasteiger partial charge in [0, 0.05) is 13.5 Å². The van der Waals surface area contributed by atoms with E-state index in [9.17, 15) is 0 Å². The fourth-order valence-electron chi connectivity index (χ4n) is 1.01. The van der Waals surface area contributed by atoms with E-state index in [0.717, 1.165) is 0 Å². The maximum absolute atomic E-state index is 9.13. The molecular weight excluding hydrogens is 136 g/mol. The van der Waals surface area contributed by atoms with E-state index < -0.39 is 12.2 Å². The van der Waals surface area contributed by atoms with Crippen LogP contribution >= 0.6 is 0 Å². The van der Waals surface area contributed by atoms with Gasteiger partial charge in [0.05, 0.1) is 12.7 Å². The number of ether oxygens (including phenoxy) is 2. The lowest BCUT2D eigenvalue weighted by molar-refractivity contribution is -0.127. The first kappa shape index (κ1) is 7.94. The van der Waals surface area contributed by atoms with Gasteiger partial charge >= 0.3 is 0 Å². The summed E-state index contributed by atoms with van der Waals surface area (Å²) in [5, 5.41) is 17.7. The first-order valence-electron chi connectivity index (χ1n) is 3.25. The van der Waals surface area contributed by atoms with Gasteiger partial charge in [-0.3, -0.25) is 0 Å². The smallest absolute Gasteiger partial charge is 0.160 e. The molecule has 2 N–H and O–H groups in total. The summed E-state index contributed by atoms with van der Waals surface area (Å²) < 4.78 is 9.87. The van der Waals surface area contributed by atoms with Crippen molar-refractivity contribution in [1.29, 1.82) is 0 Å². The molecule has 1 aliphatic rings. The van der Waals surface area contributed by atoms with Gasteiger partial charge in [-0.2, -0.15) is 0 Å². The van der Waals surface area contributed by atoms with Crippen molar-refractivity contribution in [1.82, 2.24) is 0 Å². The molecule has 0 spiro atoms. The summed E-state index contributed by atoms with van der Waals surface area (Å²) >= 11 is 0. The van der Waals surface area contributed by atoms with Crippen LogP contribution in [0.1, 0.15) is 6.42 Å². The zero-order valence-corrected chi connectivity index (χ0v) is 5.86. The van der Waals surface area contributed by atoms with E-state index in [2.05, 4.69) is 0 Å². The van der Waals surface area contributed by atoms with E-state index in [-0.39, 0.29) is 12.9 Å². The van der Waals surface area contributed by atoms with Gasteiger partial charge in [-0.25, -0.2) is 0 Å². The Morgan fingerprint density at radius 1 is 1.70 bits per heavy atom. The van der Waals surface area contributed by atoms with E-state index in [4.69, 9.17) is 19.7 Å². The highest BCUT2D eigenvalue weighted by atomic mass is 16.7. The molecule has 1 fully saturated rings. The van der Waals surface area contributed by atoms with E-state index >= 15 is 0 Å². The topological polar surface area (TPSA) is 58.9 Å². The zero-order chi connectivity index (χ0) is 7.56. The third-order valence-electron chi connectivity index (χ3n) is 1.63. The van der Waals surface area contributed by atoms with Crippen LogP contribution in [-0.2, 0) is 9.47 Å². The summed E-state index contributed by atoms with van der Waals surface area (Å²) in [4.78, 5) is 0. The number of hydrogen-bond acceptors (Lipinski definition) is 4. The van der Waals surface area contributed by atoms with Crippen molar-refractivity contribution in [2.75, 3.05) is 13.7 Å². The number of aliphatic hydroxyl groups is 2. The highest BCUT2D eigenvalue weighted by Crippen LogP contribution is 2.19.